The molecule has 27 heavy (non-hydrogen) atoms. The van der Waals surface area contributed by atoms with Gasteiger partial charge in [0.1, 0.15) is 11.6 Å². The summed E-state index contributed by atoms with van der Waals surface area (Å²) in [6.45, 7) is 2.73. The van der Waals surface area contributed by atoms with Crippen LogP contribution in [-0.2, 0) is 0 Å². The minimum atomic E-state index is -0.993. The van der Waals surface area contributed by atoms with Crippen LogP contribution in [0.5, 0.6) is 5.75 Å². The second-order valence-corrected chi connectivity index (χ2v) is 6.34. The zero-order valence-corrected chi connectivity index (χ0v) is 15.1. The smallest absolute Gasteiger partial charge is 0.167 e. The highest BCUT2D eigenvalue weighted by atomic mass is 19.2. The Morgan fingerprint density at radius 1 is 0.741 bits per heavy atom. The van der Waals surface area contributed by atoms with Gasteiger partial charge in [-0.2, -0.15) is 0 Å². The minimum absolute atomic E-state index is 0.0395. The van der Waals surface area contributed by atoms with Crippen molar-refractivity contribution in [2.75, 3.05) is 6.61 Å². The number of rotatable bonds is 7. The summed E-state index contributed by atoms with van der Waals surface area (Å²) in [6, 6.07) is 15.3. The fraction of sp³-hybridized carbons (Fsp3) is 0.217. The van der Waals surface area contributed by atoms with Crippen molar-refractivity contribution in [3.05, 3.63) is 78.1 Å². The van der Waals surface area contributed by atoms with E-state index in [9.17, 15) is 13.2 Å². The van der Waals surface area contributed by atoms with E-state index in [0.717, 1.165) is 25.3 Å². The van der Waals surface area contributed by atoms with E-state index in [-0.39, 0.29) is 11.1 Å². The SMILES string of the molecule is CCCCCOc1ccc(-c2c(-c3ccccc3F)ccc(F)c2F)cc1. The molecule has 0 aliphatic carbocycles. The van der Waals surface area contributed by atoms with Crippen LogP contribution in [0, 0.1) is 17.5 Å². The number of hydrogen-bond acceptors (Lipinski definition) is 1. The molecule has 0 fully saturated rings. The quantitative estimate of drug-likeness (QED) is 0.407. The normalized spacial score (nSPS) is 10.8. The Balaban J connectivity index is 1.96. The van der Waals surface area contributed by atoms with Crippen LogP contribution in [0.4, 0.5) is 13.2 Å². The molecular weight excluding hydrogens is 349 g/mol. The van der Waals surface area contributed by atoms with Gasteiger partial charge in [0, 0.05) is 11.1 Å². The first-order chi connectivity index (χ1) is 13.1. The number of halogens is 3. The summed E-state index contributed by atoms with van der Waals surface area (Å²) in [5.41, 5.74) is 1.04. The summed E-state index contributed by atoms with van der Waals surface area (Å²) in [7, 11) is 0. The Bertz CT molecular complexity index is 904. The molecule has 140 valence electrons. The van der Waals surface area contributed by atoms with Crippen LogP contribution in [0.3, 0.4) is 0 Å². The monoisotopic (exact) mass is 370 g/mol. The average molecular weight is 370 g/mol. The fourth-order valence-corrected chi connectivity index (χ4v) is 3.00. The van der Waals surface area contributed by atoms with Gasteiger partial charge in [0.05, 0.1) is 6.61 Å². The molecule has 0 aromatic heterocycles. The second-order valence-electron chi connectivity index (χ2n) is 6.34. The van der Waals surface area contributed by atoms with Crippen molar-refractivity contribution in [3.8, 4) is 28.0 Å². The van der Waals surface area contributed by atoms with Crippen molar-refractivity contribution in [2.45, 2.75) is 26.2 Å². The lowest BCUT2D eigenvalue weighted by Gasteiger charge is -2.13. The van der Waals surface area contributed by atoms with Crippen molar-refractivity contribution >= 4 is 0 Å². The van der Waals surface area contributed by atoms with Gasteiger partial charge in [0.15, 0.2) is 11.6 Å². The fourth-order valence-electron chi connectivity index (χ4n) is 3.00. The van der Waals surface area contributed by atoms with Crippen LogP contribution in [0.15, 0.2) is 60.7 Å². The Kier molecular flexibility index (Phi) is 6.17. The molecule has 0 spiro atoms. The molecule has 0 heterocycles. The van der Waals surface area contributed by atoms with E-state index in [0.29, 0.717) is 23.5 Å². The number of benzene rings is 3. The molecule has 3 aromatic rings. The molecule has 3 rings (SSSR count). The molecule has 0 bridgehead atoms. The third kappa shape index (κ3) is 4.33. The van der Waals surface area contributed by atoms with Crippen LogP contribution in [0.2, 0.25) is 0 Å². The minimum Gasteiger partial charge on any atom is -0.494 e. The van der Waals surface area contributed by atoms with E-state index < -0.39 is 17.5 Å². The Hall–Kier alpha value is -2.75. The lowest BCUT2D eigenvalue weighted by atomic mass is 9.93. The molecule has 4 heteroatoms. The highest BCUT2D eigenvalue weighted by molar-refractivity contribution is 5.84. The van der Waals surface area contributed by atoms with Crippen molar-refractivity contribution in [1.82, 2.24) is 0 Å². The predicted molar refractivity (Wildman–Crippen MR) is 102 cm³/mol. The molecule has 0 saturated carbocycles. The summed E-state index contributed by atoms with van der Waals surface area (Å²) in [5.74, 6) is -1.78. The molecule has 0 radical (unpaired) electrons. The second kappa shape index (κ2) is 8.76. The largest absolute Gasteiger partial charge is 0.494 e. The van der Waals surface area contributed by atoms with Gasteiger partial charge >= 0.3 is 0 Å². The molecule has 0 aliphatic rings. The molecule has 0 N–H and O–H groups in total. The van der Waals surface area contributed by atoms with Crippen molar-refractivity contribution in [3.63, 3.8) is 0 Å². The third-order valence-electron chi connectivity index (χ3n) is 4.42. The van der Waals surface area contributed by atoms with E-state index in [1.807, 2.05) is 0 Å². The highest BCUT2D eigenvalue weighted by Crippen LogP contribution is 2.37. The number of unbranched alkanes of at least 4 members (excludes halogenated alkanes) is 2. The first-order valence-corrected chi connectivity index (χ1v) is 9.08. The number of ether oxygens (including phenoxy) is 1. The Morgan fingerprint density at radius 3 is 2.19 bits per heavy atom. The highest BCUT2D eigenvalue weighted by Gasteiger charge is 2.18. The van der Waals surface area contributed by atoms with Crippen LogP contribution in [0.25, 0.3) is 22.3 Å². The molecule has 0 amide bonds. The standard InChI is InChI=1S/C23H21F3O/c1-2-3-6-15-27-17-11-9-16(10-12-17)22-19(13-14-21(25)23(22)26)18-7-4-5-8-20(18)24/h4-5,7-14H,2-3,6,15H2,1H3. The van der Waals surface area contributed by atoms with Crippen molar-refractivity contribution in [1.29, 1.82) is 0 Å². The maximum Gasteiger partial charge on any atom is 0.167 e. The summed E-state index contributed by atoms with van der Waals surface area (Å²) >= 11 is 0. The summed E-state index contributed by atoms with van der Waals surface area (Å²) in [5, 5.41) is 0. The van der Waals surface area contributed by atoms with Gasteiger partial charge in [0.2, 0.25) is 0 Å². The molecule has 0 saturated heterocycles. The van der Waals surface area contributed by atoms with Crippen molar-refractivity contribution in [2.24, 2.45) is 0 Å². The number of hydrogen-bond donors (Lipinski definition) is 0. The first-order valence-electron chi connectivity index (χ1n) is 9.08. The molecule has 0 aliphatic heterocycles. The van der Waals surface area contributed by atoms with Gasteiger partial charge in [-0.3, -0.25) is 0 Å². The summed E-state index contributed by atoms with van der Waals surface area (Å²) in [4.78, 5) is 0. The maximum atomic E-state index is 14.6. The van der Waals surface area contributed by atoms with Crippen LogP contribution < -0.4 is 4.74 Å². The van der Waals surface area contributed by atoms with E-state index >= 15 is 0 Å². The lowest BCUT2D eigenvalue weighted by molar-refractivity contribution is 0.306. The molecular formula is C23H21F3O. The molecule has 3 aromatic carbocycles. The van der Waals surface area contributed by atoms with E-state index in [1.54, 1.807) is 42.5 Å². The first kappa shape index (κ1) is 19.0. The summed E-state index contributed by atoms with van der Waals surface area (Å²) < 4.78 is 48.4. The average Bonchev–Trinajstić information content (AvgIpc) is 2.68. The van der Waals surface area contributed by atoms with E-state index in [4.69, 9.17) is 4.74 Å². The van der Waals surface area contributed by atoms with Gasteiger partial charge in [-0.25, -0.2) is 13.2 Å². The van der Waals surface area contributed by atoms with Gasteiger partial charge in [-0.05, 0) is 41.8 Å². The van der Waals surface area contributed by atoms with Gasteiger partial charge in [-0.15, -0.1) is 0 Å². The topological polar surface area (TPSA) is 9.23 Å². The van der Waals surface area contributed by atoms with Crippen LogP contribution in [-0.4, -0.2) is 6.61 Å². The zero-order chi connectivity index (χ0) is 19.2. The lowest BCUT2D eigenvalue weighted by Crippen LogP contribution is -1.98. The molecule has 0 atom stereocenters. The Labute approximate surface area is 157 Å². The third-order valence-corrected chi connectivity index (χ3v) is 4.42. The Morgan fingerprint density at radius 2 is 1.48 bits per heavy atom. The van der Waals surface area contributed by atoms with Gasteiger partial charge in [0.25, 0.3) is 0 Å². The van der Waals surface area contributed by atoms with Crippen molar-refractivity contribution < 1.29 is 17.9 Å². The summed E-state index contributed by atoms with van der Waals surface area (Å²) in [6.07, 6.45) is 3.17. The van der Waals surface area contributed by atoms with E-state index in [1.165, 1.54) is 12.1 Å². The van der Waals surface area contributed by atoms with Crippen LogP contribution >= 0.6 is 0 Å². The van der Waals surface area contributed by atoms with E-state index in [2.05, 4.69) is 6.92 Å². The maximum absolute atomic E-state index is 14.6. The van der Waals surface area contributed by atoms with Crippen LogP contribution in [0.1, 0.15) is 26.2 Å². The predicted octanol–water partition coefficient (Wildman–Crippen LogP) is 7.01. The zero-order valence-electron chi connectivity index (χ0n) is 15.1. The molecule has 1 nitrogen and oxygen atoms in total. The molecule has 0 unspecified atom stereocenters. The van der Waals surface area contributed by atoms with Gasteiger partial charge < -0.3 is 4.74 Å². The van der Waals surface area contributed by atoms with Gasteiger partial charge in [-0.1, -0.05) is 56.2 Å².